The molecule has 26 heavy (non-hydrogen) atoms. The summed E-state index contributed by atoms with van der Waals surface area (Å²) < 4.78 is 25.1. The normalized spacial score (nSPS) is 14.1. The molecule has 0 unspecified atom stereocenters. The molecule has 0 saturated heterocycles. The van der Waals surface area contributed by atoms with Crippen molar-refractivity contribution in [2.45, 2.75) is 45.4 Å². The predicted molar refractivity (Wildman–Crippen MR) is 97.7 cm³/mol. The van der Waals surface area contributed by atoms with Crippen LogP contribution in [0.5, 0.6) is 5.75 Å². The van der Waals surface area contributed by atoms with Gasteiger partial charge in [0.25, 0.3) is 0 Å². The Morgan fingerprint density at radius 3 is 2.81 bits per heavy atom. The van der Waals surface area contributed by atoms with Crippen LogP contribution >= 0.6 is 11.3 Å². The number of carboxylic acids is 1. The Morgan fingerprint density at radius 2 is 2.15 bits per heavy atom. The second-order valence-corrected chi connectivity index (χ2v) is 7.62. The lowest BCUT2D eigenvalue weighted by Gasteiger charge is -2.10. The van der Waals surface area contributed by atoms with E-state index in [4.69, 9.17) is 14.3 Å². The summed E-state index contributed by atoms with van der Waals surface area (Å²) in [7, 11) is 0. The Balaban J connectivity index is 1.63. The molecule has 6 heteroatoms. The van der Waals surface area contributed by atoms with Crippen LogP contribution in [0.2, 0.25) is 0 Å². The van der Waals surface area contributed by atoms with Crippen molar-refractivity contribution in [3.63, 3.8) is 0 Å². The molecule has 3 aromatic rings. The van der Waals surface area contributed by atoms with Gasteiger partial charge in [-0.05, 0) is 65.8 Å². The van der Waals surface area contributed by atoms with Gasteiger partial charge in [-0.1, -0.05) is 0 Å². The zero-order valence-electron chi connectivity index (χ0n) is 14.4. The van der Waals surface area contributed by atoms with Gasteiger partial charge in [-0.25, -0.2) is 4.39 Å². The van der Waals surface area contributed by atoms with Crippen LogP contribution in [0.4, 0.5) is 4.39 Å². The van der Waals surface area contributed by atoms with E-state index in [9.17, 15) is 9.18 Å². The molecule has 1 fully saturated rings. The lowest BCUT2D eigenvalue weighted by molar-refractivity contribution is -0.136. The molecule has 2 aromatic heterocycles. The smallest absolute Gasteiger partial charge is 0.307 e. The molecule has 1 saturated carbocycles. The molecule has 0 amide bonds. The Kier molecular flexibility index (Phi) is 4.44. The van der Waals surface area contributed by atoms with Crippen molar-refractivity contribution in [1.29, 1.82) is 0 Å². The largest absolute Gasteiger partial charge is 0.489 e. The number of hydrogen-bond donors (Lipinski definition) is 1. The number of aryl methyl sites for hydroxylation is 1. The van der Waals surface area contributed by atoms with Crippen molar-refractivity contribution in [1.82, 2.24) is 0 Å². The standard InChI is InChI=1S/C20H19FO4S/c1-11-13(4-16(8-21)25-11)9-24-15-6-17(12-2-3-12)20-14(5-19(22)23)10-26-18(20)7-15/h4,6-7,10,12H,2-3,5,8-9H2,1H3,(H,22,23). The number of hydrogen-bond acceptors (Lipinski definition) is 4. The fourth-order valence-corrected chi connectivity index (χ4v) is 4.31. The van der Waals surface area contributed by atoms with Gasteiger partial charge in [-0.15, -0.1) is 11.3 Å². The highest BCUT2D eigenvalue weighted by Crippen LogP contribution is 2.47. The third-order valence-electron chi connectivity index (χ3n) is 4.71. The molecule has 1 N–H and O–H groups in total. The molecule has 4 rings (SSSR count). The van der Waals surface area contributed by atoms with E-state index in [1.807, 2.05) is 17.5 Å². The number of thiophene rings is 1. The van der Waals surface area contributed by atoms with Gasteiger partial charge in [0.1, 0.15) is 30.6 Å². The van der Waals surface area contributed by atoms with E-state index in [2.05, 4.69) is 0 Å². The van der Waals surface area contributed by atoms with Gasteiger partial charge < -0.3 is 14.3 Å². The maximum absolute atomic E-state index is 12.7. The Bertz CT molecular complexity index is 968. The monoisotopic (exact) mass is 374 g/mol. The van der Waals surface area contributed by atoms with E-state index >= 15 is 0 Å². The number of aliphatic carboxylic acids is 1. The maximum Gasteiger partial charge on any atom is 0.307 e. The van der Waals surface area contributed by atoms with Crippen molar-refractivity contribution in [3.8, 4) is 5.75 Å². The first-order chi connectivity index (χ1) is 12.5. The van der Waals surface area contributed by atoms with Crippen LogP contribution in [0.3, 0.4) is 0 Å². The minimum Gasteiger partial charge on any atom is -0.489 e. The molecule has 1 aliphatic carbocycles. The minimum atomic E-state index is -0.814. The van der Waals surface area contributed by atoms with Gasteiger partial charge in [0.15, 0.2) is 0 Å². The minimum absolute atomic E-state index is 0.0418. The van der Waals surface area contributed by atoms with E-state index in [0.717, 1.165) is 39.8 Å². The number of rotatable bonds is 7. The molecule has 0 radical (unpaired) electrons. The maximum atomic E-state index is 12.7. The fourth-order valence-electron chi connectivity index (χ4n) is 3.29. The first-order valence-corrected chi connectivity index (χ1v) is 9.46. The highest BCUT2D eigenvalue weighted by Gasteiger charge is 2.28. The molecular weight excluding hydrogens is 355 g/mol. The molecule has 0 atom stereocenters. The second kappa shape index (κ2) is 6.76. The zero-order valence-corrected chi connectivity index (χ0v) is 15.2. The first-order valence-electron chi connectivity index (χ1n) is 8.58. The summed E-state index contributed by atoms with van der Waals surface area (Å²) >= 11 is 1.55. The lowest BCUT2D eigenvalue weighted by Crippen LogP contribution is -2.00. The number of halogens is 1. The summed E-state index contributed by atoms with van der Waals surface area (Å²) in [5, 5.41) is 12.2. The molecule has 0 aliphatic heterocycles. The summed E-state index contributed by atoms with van der Waals surface area (Å²) in [6.07, 6.45) is 2.30. The van der Waals surface area contributed by atoms with Gasteiger partial charge >= 0.3 is 5.97 Å². The topological polar surface area (TPSA) is 59.7 Å². The van der Waals surface area contributed by atoms with Crippen molar-refractivity contribution in [3.05, 3.63) is 51.8 Å². The highest BCUT2D eigenvalue weighted by atomic mass is 32.1. The van der Waals surface area contributed by atoms with Gasteiger partial charge in [0.2, 0.25) is 0 Å². The SMILES string of the molecule is Cc1oc(CF)cc1COc1cc(C2CC2)c2c(CC(=O)O)csc2c1. The molecule has 4 nitrogen and oxygen atoms in total. The average molecular weight is 374 g/mol. The van der Waals surface area contributed by atoms with Crippen LogP contribution < -0.4 is 4.74 Å². The Morgan fingerprint density at radius 1 is 1.35 bits per heavy atom. The summed E-state index contributed by atoms with van der Waals surface area (Å²) in [6.45, 7) is 1.49. The second-order valence-electron chi connectivity index (χ2n) is 6.71. The molecule has 136 valence electrons. The van der Waals surface area contributed by atoms with Gasteiger partial charge in [0, 0.05) is 10.3 Å². The van der Waals surface area contributed by atoms with Crippen LogP contribution in [-0.2, 0) is 24.5 Å². The first kappa shape index (κ1) is 17.1. The zero-order chi connectivity index (χ0) is 18.3. The third-order valence-corrected chi connectivity index (χ3v) is 5.69. The summed E-state index contributed by atoms with van der Waals surface area (Å²) in [5.41, 5.74) is 2.90. The predicted octanol–water partition coefficient (Wildman–Crippen LogP) is 5.36. The molecule has 2 heterocycles. The number of furan rings is 1. The molecular formula is C20H19FO4S. The summed E-state index contributed by atoms with van der Waals surface area (Å²) in [6, 6.07) is 5.68. The van der Waals surface area contributed by atoms with Crippen molar-refractivity contribution in [2.24, 2.45) is 0 Å². The van der Waals surface area contributed by atoms with Crippen LogP contribution in [0, 0.1) is 6.92 Å². The highest BCUT2D eigenvalue weighted by molar-refractivity contribution is 7.17. The van der Waals surface area contributed by atoms with E-state index in [0.29, 0.717) is 24.0 Å². The van der Waals surface area contributed by atoms with Crippen LogP contribution in [-0.4, -0.2) is 11.1 Å². The number of fused-ring (bicyclic) bond motifs is 1. The fraction of sp³-hybridized carbons (Fsp3) is 0.350. The Hall–Kier alpha value is -2.34. The number of alkyl halides is 1. The van der Waals surface area contributed by atoms with E-state index in [1.165, 1.54) is 5.56 Å². The van der Waals surface area contributed by atoms with Crippen LogP contribution in [0.25, 0.3) is 10.1 Å². The number of benzene rings is 1. The van der Waals surface area contributed by atoms with E-state index in [1.54, 1.807) is 24.3 Å². The average Bonchev–Trinajstić information content (AvgIpc) is 3.29. The van der Waals surface area contributed by atoms with Crippen molar-refractivity contribution in [2.75, 3.05) is 0 Å². The van der Waals surface area contributed by atoms with E-state index < -0.39 is 12.6 Å². The lowest BCUT2D eigenvalue weighted by atomic mass is 10.0. The number of ether oxygens (including phenoxy) is 1. The van der Waals surface area contributed by atoms with Gasteiger partial charge in [0.05, 0.1) is 6.42 Å². The molecule has 0 bridgehead atoms. The molecule has 0 spiro atoms. The van der Waals surface area contributed by atoms with Crippen molar-refractivity contribution >= 4 is 27.4 Å². The Labute approximate surface area is 154 Å². The van der Waals surface area contributed by atoms with E-state index in [-0.39, 0.29) is 6.42 Å². The summed E-state index contributed by atoms with van der Waals surface area (Å²) in [5.74, 6) is 1.40. The van der Waals surface area contributed by atoms with Crippen molar-refractivity contribution < 1.29 is 23.4 Å². The molecule has 1 aromatic carbocycles. The van der Waals surface area contributed by atoms with Crippen LogP contribution in [0.1, 0.15) is 47.0 Å². The summed E-state index contributed by atoms with van der Waals surface area (Å²) in [4.78, 5) is 11.1. The molecule has 1 aliphatic rings. The third kappa shape index (κ3) is 3.33. The van der Waals surface area contributed by atoms with Crippen LogP contribution in [0.15, 0.2) is 28.0 Å². The quantitative estimate of drug-likeness (QED) is 0.605. The van der Waals surface area contributed by atoms with Gasteiger partial charge in [-0.2, -0.15) is 0 Å². The van der Waals surface area contributed by atoms with Gasteiger partial charge in [-0.3, -0.25) is 4.79 Å². The number of carboxylic acid groups (broad SMARTS) is 1. The number of carbonyl (C=O) groups is 1.